The SMILES string of the molecule is CNc1nc(N2CCN(c3ccccc3)CC2)nc2c1C(=O)C[C@H](c1ccccc1)C2. The molecule has 6 nitrogen and oxygen atoms in total. The minimum absolute atomic E-state index is 0.125. The van der Waals surface area contributed by atoms with Gasteiger partial charge in [0.1, 0.15) is 5.82 Å². The molecule has 1 aliphatic heterocycles. The van der Waals surface area contributed by atoms with Crippen LogP contribution in [-0.4, -0.2) is 49.0 Å². The van der Waals surface area contributed by atoms with E-state index in [1.165, 1.54) is 11.3 Å². The first-order valence-corrected chi connectivity index (χ1v) is 10.9. The molecule has 2 aliphatic rings. The second kappa shape index (κ2) is 8.38. The van der Waals surface area contributed by atoms with E-state index < -0.39 is 0 Å². The monoisotopic (exact) mass is 413 g/mol. The molecule has 0 spiro atoms. The zero-order chi connectivity index (χ0) is 21.2. The highest BCUT2D eigenvalue weighted by atomic mass is 16.1. The van der Waals surface area contributed by atoms with Crippen molar-refractivity contribution in [1.29, 1.82) is 0 Å². The number of nitrogens with one attached hydrogen (secondary N) is 1. The van der Waals surface area contributed by atoms with Gasteiger partial charge < -0.3 is 15.1 Å². The van der Waals surface area contributed by atoms with E-state index in [1.54, 1.807) is 0 Å². The topological polar surface area (TPSA) is 61.4 Å². The van der Waals surface area contributed by atoms with Gasteiger partial charge in [-0.2, -0.15) is 4.98 Å². The second-order valence-corrected chi connectivity index (χ2v) is 8.19. The van der Waals surface area contributed by atoms with E-state index in [1.807, 2.05) is 31.3 Å². The molecule has 0 radical (unpaired) electrons. The van der Waals surface area contributed by atoms with Crippen LogP contribution in [0.2, 0.25) is 0 Å². The van der Waals surface area contributed by atoms with Gasteiger partial charge in [-0.25, -0.2) is 4.98 Å². The highest BCUT2D eigenvalue weighted by Crippen LogP contribution is 2.35. The summed E-state index contributed by atoms with van der Waals surface area (Å²) in [6.07, 6.45) is 1.27. The maximum atomic E-state index is 13.0. The summed E-state index contributed by atoms with van der Waals surface area (Å²) in [7, 11) is 1.83. The Labute approximate surface area is 182 Å². The number of benzene rings is 2. The molecule has 0 amide bonds. The van der Waals surface area contributed by atoms with Gasteiger partial charge in [0.05, 0.1) is 11.3 Å². The molecule has 0 unspecified atom stereocenters. The molecule has 2 aromatic carbocycles. The van der Waals surface area contributed by atoms with Crippen LogP contribution in [0.25, 0.3) is 0 Å². The van der Waals surface area contributed by atoms with Crippen LogP contribution in [-0.2, 0) is 6.42 Å². The molecule has 5 rings (SSSR count). The fraction of sp³-hybridized carbons (Fsp3) is 0.320. The summed E-state index contributed by atoms with van der Waals surface area (Å²) >= 11 is 0. The van der Waals surface area contributed by atoms with Gasteiger partial charge in [0.15, 0.2) is 5.78 Å². The first kappa shape index (κ1) is 19.5. The van der Waals surface area contributed by atoms with E-state index in [0.29, 0.717) is 17.8 Å². The number of ketones is 1. The third-order valence-electron chi connectivity index (χ3n) is 6.31. The van der Waals surface area contributed by atoms with E-state index in [4.69, 9.17) is 9.97 Å². The molecule has 1 aliphatic carbocycles. The van der Waals surface area contributed by atoms with Crippen molar-refractivity contribution in [3.05, 3.63) is 77.5 Å². The number of nitrogens with zero attached hydrogens (tertiary/aromatic N) is 4. The Kier molecular flexibility index (Phi) is 5.28. The molecule has 1 fully saturated rings. The fourth-order valence-corrected chi connectivity index (χ4v) is 4.65. The Morgan fingerprint density at radius 1 is 0.839 bits per heavy atom. The third-order valence-corrected chi connectivity index (χ3v) is 6.31. The number of carbonyl (C=O) groups is 1. The molecule has 6 heteroatoms. The average molecular weight is 414 g/mol. The van der Waals surface area contributed by atoms with E-state index in [0.717, 1.165) is 44.2 Å². The van der Waals surface area contributed by atoms with Gasteiger partial charge in [0.2, 0.25) is 5.95 Å². The number of hydrogen-bond donors (Lipinski definition) is 1. The van der Waals surface area contributed by atoms with Gasteiger partial charge in [-0.3, -0.25) is 4.79 Å². The van der Waals surface area contributed by atoms with Crippen LogP contribution in [0.15, 0.2) is 60.7 Å². The molecule has 31 heavy (non-hydrogen) atoms. The molecule has 0 bridgehead atoms. The Hall–Kier alpha value is -3.41. The summed E-state index contributed by atoms with van der Waals surface area (Å²) in [6.45, 7) is 3.55. The molecule has 2 heterocycles. The van der Waals surface area contributed by atoms with E-state index in [2.05, 4.69) is 51.5 Å². The van der Waals surface area contributed by atoms with Crippen molar-refractivity contribution in [2.45, 2.75) is 18.8 Å². The molecule has 1 aromatic heterocycles. The van der Waals surface area contributed by atoms with E-state index >= 15 is 0 Å². The van der Waals surface area contributed by atoms with Crippen molar-refractivity contribution < 1.29 is 4.79 Å². The number of Topliss-reactive ketones (excluding diaryl/α,β-unsaturated/α-hetero) is 1. The van der Waals surface area contributed by atoms with Crippen LogP contribution in [0.5, 0.6) is 0 Å². The predicted octanol–water partition coefficient (Wildman–Crippen LogP) is 3.76. The Morgan fingerprint density at radius 2 is 1.48 bits per heavy atom. The first-order valence-electron chi connectivity index (χ1n) is 10.9. The molecule has 3 aromatic rings. The summed E-state index contributed by atoms with van der Waals surface area (Å²) in [6, 6.07) is 20.8. The third kappa shape index (κ3) is 3.85. The Morgan fingerprint density at radius 3 is 2.16 bits per heavy atom. The average Bonchev–Trinajstić information content (AvgIpc) is 2.84. The maximum Gasteiger partial charge on any atom is 0.227 e. The lowest BCUT2D eigenvalue weighted by molar-refractivity contribution is 0.0963. The lowest BCUT2D eigenvalue weighted by atomic mass is 9.82. The van der Waals surface area contributed by atoms with E-state index in [9.17, 15) is 4.79 Å². The van der Waals surface area contributed by atoms with Gasteiger partial charge in [-0.05, 0) is 30.0 Å². The number of rotatable bonds is 4. The minimum atomic E-state index is 0.125. The minimum Gasteiger partial charge on any atom is -0.372 e. The highest BCUT2D eigenvalue weighted by Gasteiger charge is 2.32. The van der Waals surface area contributed by atoms with E-state index in [-0.39, 0.29) is 11.7 Å². The smallest absolute Gasteiger partial charge is 0.227 e. The molecule has 158 valence electrons. The summed E-state index contributed by atoms with van der Waals surface area (Å²) in [5, 5.41) is 3.15. The molecule has 1 N–H and O–H groups in total. The first-order chi connectivity index (χ1) is 15.2. The van der Waals surface area contributed by atoms with Crippen molar-refractivity contribution in [3.63, 3.8) is 0 Å². The van der Waals surface area contributed by atoms with Crippen LogP contribution < -0.4 is 15.1 Å². The normalized spacial score (nSPS) is 18.6. The van der Waals surface area contributed by atoms with Crippen LogP contribution in [0.3, 0.4) is 0 Å². The maximum absolute atomic E-state index is 13.0. The fourth-order valence-electron chi connectivity index (χ4n) is 4.65. The van der Waals surface area contributed by atoms with Gasteiger partial charge in [-0.1, -0.05) is 48.5 Å². The van der Waals surface area contributed by atoms with Crippen molar-refractivity contribution in [2.75, 3.05) is 48.3 Å². The standard InChI is InChI=1S/C25H27N5O/c1-26-24-23-21(16-19(17-22(23)31)18-8-4-2-5-9-18)27-25(28-24)30-14-12-29(13-15-30)20-10-6-3-7-11-20/h2-11,19H,12-17H2,1H3,(H,26,27,28)/t19-/m1/s1. The van der Waals surface area contributed by atoms with Crippen LogP contribution in [0.4, 0.5) is 17.5 Å². The molecular weight excluding hydrogens is 386 g/mol. The number of hydrogen-bond acceptors (Lipinski definition) is 6. The largest absolute Gasteiger partial charge is 0.372 e. The van der Waals surface area contributed by atoms with Crippen LogP contribution in [0, 0.1) is 0 Å². The van der Waals surface area contributed by atoms with Crippen LogP contribution >= 0.6 is 0 Å². The number of fused-ring (bicyclic) bond motifs is 1. The van der Waals surface area contributed by atoms with Crippen molar-refractivity contribution in [2.24, 2.45) is 0 Å². The number of anilines is 3. The van der Waals surface area contributed by atoms with Crippen molar-refractivity contribution in [1.82, 2.24) is 9.97 Å². The zero-order valence-electron chi connectivity index (χ0n) is 17.8. The number of carbonyl (C=O) groups excluding carboxylic acids is 1. The van der Waals surface area contributed by atoms with Crippen LogP contribution in [0.1, 0.15) is 34.0 Å². The highest BCUT2D eigenvalue weighted by molar-refractivity contribution is 6.03. The molecule has 0 saturated carbocycles. The summed E-state index contributed by atoms with van der Waals surface area (Å²) in [5.41, 5.74) is 3.98. The van der Waals surface area contributed by atoms with Gasteiger partial charge in [0.25, 0.3) is 0 Å². The summed E-state index contributed by atoms with van der Waals surface area (Å²) in [4.78, 5) is 27.3. The lowest BCUT2D eigenvalue weighted by Gasteiger charge is -2.36. The molecular formula is C25H27N5O. The quantitative estimate of drug-likeness (QED) is 0.703. The van der Waals surface area contributed by atoms with Crippen molar-refractivity contribution >= 4 is 23.2 Å². The number of piperazine rings is 1. The van der Waals surface area contributed by atoms with Gasteiger partial charge in [-0.15, -0.1) is 0 Å². The summed E-state index contributed by atoms with van der Waals surface area (Å²) < 4.78 is 0. The Bertz CT molecular complexity index is 1060. The zero-order valence-corrected chi connectivity index (χ0v) is 17.8. The predicted molar refractivity (Wildman–Crippen MR) is 124 cm³/mol. The van der Waals surface area contributed by atoms with Crippen molar-refractivity contribution in [3.8, 4) is 0 Å². The van der Waals surface area contributed by atoms with Gasteiger partial charge >= 0.3 is 0 Å². The number of para-hydroxylation sites is 1. The lowest BCUT2D eigenvalue weighted by Crippen LogP contribution is -2.47. The Balaban J connectivity index is 1.40. The number of aromatic nitrogens is 2. The molecule has 1 atom stereocenters. The summed E-state index contributed by atoms with van der Waals surface area (Å²) in [5.74, 6) is 1.67. The van der Waals surface area contributed by atoms with Gasteiger partial charge in [0, 0.05) is 45.3 Å². The second-order valence-electron chi connectivity index (χ2n) is 8.19. The molecule has 1 saturated heterocycles.